The van der Waals surface area contributed by atoms with Gasteiger partial charge in [0.05, 0.1) is 25.2 Å². The summed E-state index contributed by atoms with van der Waals surface area (Å²) in [5.41, 5.74) is 6.97. The van der Waals surface area contributed by atoms with Crippen molar-refractivity contribution in [3.05, 3.63) is 131 Å². The highest BCUT2D eigenvalue weighted by Gasteiger charge is 2.32. The van der Waals surface area contributed by atoms with Crippen LogP contribution in [0.3, 0.4) is 0 Å². The summed E-state index contributed by atoms with van der Waals surface area (Å²) in [4.78, 5) is 25.2. The predicted molar refractivity (Wildman–Crippen MR) is 172 cm³/mol. The molecule has 45 heavy (non-hydrogen) atoms. The van der Waals surface area contributed by atoms with Crippen LogP contribution in [0.4, 0.5) is 0 Å². The first kappa shape index (κ1) is 32.1. The molecular weight excluding hydrogens is 568 g/mol. The summed E-state index contributed by atoms with van der Waals surface area (Å²) in [6.45, 7) is 1.86. The highest BCUT2D eigenvalue weighted by atomic mass is 16.7. The minimum atomic E-state index is -0.993. The number of carboxylic acid groups (broad SMARTS) is 1. The molecule has 1 saturated heterocycles. The predicted octanol–water partition coefficient (Wildman–Crippen LogP) is 6.00. The van der Waals surface area contributed by atoms with Crippen molar-refractivity contribution in [2.24, 2.45) is 0 Å². The average molecular weight is 609 g/mol. The molecule has 8 nitrogen and oxygen atoms in total. The van der Waals surface area contributed by atoms with Gasteiger partial charge in [0.1, 0.15) is 0 Å². The lowest BCUT2D eigenvalue weighted by Crippen LogP contribution is -2.37. The Morgan fingerprint density at radius 2 is 1.51 bits per heavy atom. The molecule has 1 amide bonds. The fourth-order valence-corrected chi connectivity index (χ4v) is 5.62. The van der Waals surface area contributed by atoms with Crippen LogP contribution in [0, 0.1) is 0 Å². The molecule has 0 radical (unpaired) electrons. The number of nitrogens with zero attached hydrogens (tertiary/aromatic N) is 1. The number of rotatable bonds is 13. The summed E-state index contributed by atoms with van der Waals surface area (Å²) >= 11 is 0. The van der Waals surface area contributed by atoms with E-state index >= 15 is 0 Å². The number of hydrogen-bond acceptors (Lipinski definition) is 6. The van der Waals surface area contributed by atoms with Crippen LogP contribution in [0.25, 0.3) is 11.1 Å². The van der Waals surface area contributed by atoms with Crippen molar-refractivity contribution in [2.75, 3.05) is 13.6 Å². The molecule has 1 aliphatic heterocycles. The molecule has 8 heteroatoms. The van der Waals surface area contributed by atoms with Gasteiger partial charge in [0.15, 0.2) is 6.29 Å². The Balaban J connectivity index is 1.31. The number of carboxylic acids is 1. The number of carbonyl (C=O) groups is 2. The second kappa shape index (κ2) is 15.6. The van der Waals surface area contributed by atoms with E-state index in [1.165, 1.54) is 5.56 Å². The van der Waals surface area contributed by atoms with E-state index in [1.807, 2.05) is 78.9 Å². The fourth-order valence-electron chi connectivity index (χ4n) is 5.62. The molecule has 0 aliphatic carbocycles. The molecule has 4 aromatic rings. The number of hydrogen-bond donors (Lipinski definition) is 3. The number of nitrogens with one attached hydrogen (secondary N) is 1. The molecule has 3 atom stereocenters. The minimum absolute atomic E-state index is 0.00296. The van der Waals surface area contributed by atoms with Crippen molar-refractivity contribution in [2.45, 2.75) is 57.5 Å². The number of benzene rings is 4. The molecule has 0 spiro atoms. The van der Waals surface area contributed by atoms with Gasteiger partial charge in [0, 0.05) is 38.0 Å². The zero-order chi connectivity index (χ0) is 31.6. The van der Waals surface area contributed by atoms with Crippen LogP contribution in [0.2, 0.25) is 0 Å². The normalized spacial score (nSPS) is 18.1. The van der Waals surface area contributed by atoms with Crippen LogP contribution in [-0.2, 0) is 38.8 Å². The zero-order valence-corrected chi connectivity index (χ0v) is 25.5. The van der Waals surface area contributed by atoms with E-state index in [9.17, 15) is 14.7 Å². The first-order valence-corrected chi connectivity index (χ1v) is 15.3. The molecule has 1 fully saturated rings. The Morgan fingerprint density at radius 1 is 0.822 bits per heavy atom. The van der Waals surface area contributed by atoms with Gasteiger partial charge >= 0.3 is 5.97 Å². The van der Waals surface area contributed by atoms with Crippen LogP contribution in [0.15, 0.2) is 103 Å². The maximum absolute atomic E-state index is 12.1. The fraction of sp³-hybridized carbons (Fsp3) is 0.297. The van der Waals surface area contributed by atoms with E-state index in [0.29, 0.717) is 13.0 Å². The summed E-state index contributed by atoms with van der Waals surface area (Å²) < 4.78 is 13.1. The maximum Gasteiger partial charge on any atom is 0.303 e. The highest BCUT2D eigenvalue weighted by Crippen LogP contribution is 2.39. The highest BCUT2D eigenvalue weighted by molar-refractivity contribution is 5.80. The molecule has 0 bridgehead atoms. The van der Waals surface area contributed by atoms with Gasteiger partial charge in [-0.1, -0.05) is 103 Å². The summed E-state index contributed by atoms with van der Waals surface area (Å²) in [7, 11) is 2.10. The molecule has 5 rings (SSSR count). The number of ether oxygens (including phenoxy) is 2. The largest absolute Gasteiger partial charge is 0.481 e. The van der Waals surface area contributed by atoms with E-state index in [0.717, 1.165) is 46.5 Å². The first-order valence-electron chi connectivity index (χ1n) is 15.3. The van der Waals surface area contributed by atoms with Gasteiger partial charge in [-0.15, -0.1) is 0 Å². The molecule has 3 N–H and O–H groups in total. The molecule has 234 valence electrons. The van der Waals surface area contributed by atoms with Gasteiger partial charge in [-0.3, -0.25) is 14.5 Å². The van der Waals surface area contributed by atoms with Crippen molar-refractivity contribution in [1.29, 1.82) is 0 Å². The Hall–Kier alpha value is -4.34. The van der Waals surface area contributed by atoms with Gasteiger partial charge in [-0.25, -0.2) is 0 Å². The van der Waals surface area contributed by atoms with Gasteiger partial charge in [-0.2, -0.15) is 0 Å². The molecule has 4 aromatic carbocycles. The molecule has 1 heterocycles. The minimum Gasteiger partial charge on any atom is -0.481 e. The van der Waals surface area contributed by atoms with E-state index < -0.39 is 12.3 Å². The van der Waals surface area contributed by atoms with Crippen molar-refractivity contribution in [1.82, 2.24) is 10.2 Å². The number of aliphatic carboxylic acids is 1. The van der Waals surface area contributed by atoms with Crippen molar-refractivity contribution in [3.63, 3.8) is 0 Å². The van der Waals surface area contributed by atoms with Crippen LogP contribution < -0.4 is 5.32 Å². The third kappa shape index (κ3) is 9.09. The maximum atomic E-state index is 12.1. The van der Waals surface area contributed by atoms with Crippen molar-refractivity contribution < 1.29 is 29.3 Å². The third-order valence-corrected chi connectivity index (χ3v) is 7.98. The number of amides is 1. The Kier molecular flexibility index (Phi) is 11.1. The van der Waals surface area contributed by atoms with Crippen LogP contribution in [0.5, 0.6) is 0 Å². The van der Waals surface area contributed by atoms with Gasteiger partial charge < -0.3 is 25.0 Å². The van der Waals surface area contributed by atoms with Crippen molar-refractivity contribution >= 4 is 11.9 Å². The lowest BCUT2D eigenvalue weighted by Gasteiger charge is -2.38. The summed E-state index contributed by atoms with van der Waals surface area (Å²) in [6.07, 6.45) is -0.337. The Labute approximate surface area is 264 Å². The smallest absolute Gasteiger partial charge is 0.303 e. The molecule has 0 unspecified atom stereocenters. The molecule has 0 aromatic heterocycles. The lowest BCUT2D eigenvalue weighted by atomic mass is 9.97. The van der Waals surface area contributed by atoms with Crippen molar-refractivity contribution in [3.8, 4) is 11.1 Å². The number of likely N-dealkylation sites (N-methyl/N-ethyl adjacent to an activating group) is 1. The van der Waals surface area contributed by atoms with E-state index in [2.05, 4.69) is 41.5 Å². The second-order valence-electron chi connectivity index (χ2n) is 11.5. The van der Waals surface area contributed by atoms with Gasteiger partial charge in [0.25, 0.3) is 0 Å². The molecular formula is C37H40N2O6. The van der Waals surface area contributed by atoms with Gasteiger partial charge in [-0.05, 0) is 40.4 Å². The van der Waals surface area contributed by atoms with Gasteiger partial charge in [0.2, 0.25) is 5.91 Å². The van der Waals surface area contributed by atoms with Crippen LogP contribution in [0.1, 0.15) is 59.5 Å². The molecule has 1 aliphatic rings. The Bertz CT molecular complexity index is 1540. The summed E-state index contributed by atoms with van der Waals surface area (Å²) in [5.74, 6) is -1.29. The quantitative estimate of drug-likeness (QED) is 0.171. The van der Waals surface area contributed by atoms with E-state index in [4.69, 9.17) is 14.6 Å². The number of aliphatic hydroxyl groups excluding tert-OH is 1. The topological polar surface area (TPSA) is 108 Å². The molecule has 0 saturated carbocycles. The lowest BCUT2D eigenvalue weighted by molar-refractivity contribution is -0.252. The van der Waals surface area contributed by atoms with E-state index in [-0.39, 0.29) is 37.6 Å². The number of aliphatic hydroxyl groups is 1. The monoisotopic (exact) mass is 608 g/mol. The SMILES string of the molecule is CN(Cc1ccccc1)C[C@@H]1C[C@H](c2ccc(CO)cc2)O[C@H](c2ccc(-c3ccccc3CNC(=O)CCC(=O)O)cc2)O1. The Morgan fingerprint density at radius 3 is 2.22 bits per heavy atom. The average Bonchev–Trinajstić information content (AvgIpc) is 3.07. The number of carbonyl (C=O) groups excluding carboxylic acids is 1. The van der Waals surface area contributed by atoms with Crippen LogP contribution in [-0.4, -0.2) is 46.7 Å². The zero-order valence-electron chi connectivity index (χ0n) is 25.5. The summed E-state index contributed by atoms with van der Waals surface area (Å²) in [6, 6.07) is 34.2. The third-order valence-electron chi connectivity index (χ3n) is 7.98. The van der Waals surface area contributed by atoms with Crippen LogP contribution >= 0.6 is 0 Å². The van der Waals surface area contributed by atoms with E-state index in [1.54, 1.807) is 0 Å². The second-order valence-corrected chi connectivity index (χ2v) is 11.5. The summed E-state index contributed by atoms with van der Waals surface area (Å²) in [5, 5.41) is 21.2. The first-order chi connectivity index (χ1) is 21.9. The standard InChI is InChI=1S/C37H40N2O6/c1-39(23-26-7-3-2-4-8-26)24-32-21-34(29-13-11-27(25-40)12-14-29)45-37(44-32)30-17-15-28(16-18-30)33-10-6-5-9-31(33)22-38-35(41)19-20-36(42)43/h2-18,32,34,37,40H,19-25H2,1H3,(H,38,41)(H,42,43)/t32-,34+,37+/m0/s1.